The highest BCUT2D eigenvalue weighted by Gasteiger charge is 1.98. The van der Waals surface area contributed by atoms with Gasteiger partial charge < -0.3 is 5.11 Å². The third kappa shape index (κ3) is 5.08. The summed E-state index contributed by atoms with van der Waals surface area (Å²) >= 11 is 1.70. The molecule has 0 heterocycles. The normalized spacial score (nSPS) is 11.2. The van der Waals surface area contributed by atoms with E-state index in [0.29, 0.717) is 5.56 Å². The quantitative estimate of drug-likeness (QED) is 0.783. The fourth-order valence-corrected chi connectivity index (χ4v) is 2.33. The summed E-state index contributed by atoms with van der Waals surface area (Å²) in [6.07, 6.45) is 4.30. The Labute approximate surface area is 107 Å². The fraction of sp³-hybridized carbons (Fsp3) is 0.357. The van der Waals surface area contributed by atoms with Gasteiger partial charge in [0.2, 0.25) is 0 Å². The largest absolute Gasteiger partial charge is 0.391 e. The molecule has 0 aliphatic rings. The summed E-state index contributed by atoms with van der Waals surface area (Å²) in [5.41, 5.74) is 1.68. The summed E-state index contributed by atoms with van der Waals surface area (Å²) in [5.74, 6) is 1.04. The zero-order valence-corrected chi connectivity index (χ0v) is 10.8. The highest BCUT2D eigenvalue weighted by molar-refractivity contribution is 8.03. The number of hydrogen-bond donors (Lipinski definition) is 1. The predicted octanol–water partition coefficient (Wildman–Crippen LogP) is 3.42. The van der Waals surface area contributed by atoms with Crippen LogP contribution in [0.15, 0.2) is 29.2 Å². The molecule has 0 amide bonds. The van der Waals surface area contributed by atoms with Crippen molar-refractivity contribution in [1.29, 1.82) is 5.26 Å². The lowest BCUT2D eigenvalue weighted by Gasteiger charge is -2.03. The van der Waals surface area contributed by atoms with Crippen LogP contribution in [0.1, 0.15) is 30.9 Å². The summed E-state index contributed by atoms with van der Waals surface area (Å²) in [6, 6.07) is 9.46. The molecular weight excluding hydrogens is 230 g/mol. The van der Waals surface area contributed by atoms with Crippen LogP contribution in [0.2, 0.25) is 0 Å². The SMILES string of the molecule is CCCCSC(=Cc1ccc(C#N)cc1)CO. The monoisotopic (exact) mass is 247 g/mol. The molecule has 0 unspecified atom stereocenters. The first kappa shape index (κ1) is 13.8. The van der Waals surface area contributed by atoms with E-state index in [0.717, 1.165) is 22.6 Å². The number of benzene rings is 1. The minimum absolute atomic E-state index is 0.0778. The Morgan fingerprint density at radius 3 is 2.65 bits per heavy atom. The van der Waals surface area contributed by atoms with Crippen molar-refractivity contribution in [2.75, 3.05) is 12.4 Å². The first-order valence-electron chi connectivity index (χ1n) is 5.74. The Hall–Kier alpha value is -1.24. The summed E-state index contributed by atoms with van der Waals surface area (Å²) < 4.78 is 0. The minimum atomic E-state index is 0.0778. The van der Waals surface area contributed by atoms with Crippen molar-refractivity contribution in [1.82, 2.24) is 0 Å². The molecule has 0 bridgehead atoms. The molecule has 17 heavy (non-hydrogen) atoms. The molecular formula is C14H17NOS. The van der Waals surface area contributed by atoms with Crippen LogP contribution in [-0.4, -0.2) is 17.5 Å². The van der Waals surface area contributed by atoms with Gasteiger partial charge in [-0.3, -0.25) is 0 Å². The van der Waals surface area contributed by atoms with Crippen molar-refractivity contribution in [3.8, 4) is 6.07 Å². The van der Waals surface area contributed by atoms with Crippen molar-refractivity contribution in [3.05, 3.63) is 40.3 Å². The van der Waals surface area contributed by atoms with Crippen LogP contribution in [0.5, 0.6) is 0 Å². The van der Waals surface area contributed by atoms with E-state index in [1.165, 1.54) is 6.42 Å². The number of aliphatic hydroxyl groups is 1. The second-order valence-corrected chi connectivity index (χ2v) is 4.93. The third-order valence-corrected chi connectivity index (χ3v) is 3.42. The summed E-state index contributed by atoms with van der Waals surface area (Å²) in [4.78, 5) is 0.975. The molecule has 0 atom stereocenters. The van der Waals surface area contributed by atoms with Gasteiger partial charge in [0, 0.05) is 4.91 Å². The molecule has 0 aliphatic carbocycles. The van der Waals surface area contributed by atoms with Crippen LogP contribution in [0.25, 0.3) is 6.08 Å². The number of unbranched alkanes of at least 4 members (excludes halogenated alkanes) is 1. The molecule has 3 heteroatoms. The first-order chi connectivity index (χ1) is 8.30. The predicted molar refractivity (Wildman–Crippen MR) is 73.6 cm³/mol. The minimum Gasteiger partial charge on any atom is -0.391 e. The van der Waals surface area contributed by atoms with Gasteiger partial charge in [0.25, 0.3) is 0 Å². The molecule has 0 saturated carbocycles. The second-order valence-electron chi connectivity index (χ2n) is 3.70. The average Bonchev–Trinajstić information content (AvgIpc) is 2.38. The zero-order chi connectivity index (χ0) is 12.5. The van der Waals surface area contributed by atoms with Gasteiger partial charge in [0.1, 0.15) is 0 Å². The number of rotatable bonds is 6. The summed E-state index contributed by atoms with van der Waals surface area (Å²) in [7, 11) is 0. The molecule has 90 valence electrons. The van der Waals surface area contributed by atoms with Crippen LogP contribution < -0.4 is 0 Å². The molecule has 1 aromatic rings. The Morgan fingerprint density at radius 2 is 2.12 bits per heavy atom. The number of hydrogen-bond acceptors (Lipinski definition) is 3. The third-order valence-electron chi connectivity index (χ3n) is 2.31. The topological polar surface area (TPSA) is 44.0 Å². The van der Waals surface area contributed by atoms with Crippen molar-refractivity contribution >= 4 is 17.8 Å². The van der Waals surface area contributed by atoms with Gasteiger partial charge in [-0.15, -0.1) is 11.8 Å². The van der Waals surface area contributed by atoms with E-state index in [1.807, 2.05) is 18.2 Å². The van der Waals surface area contributed by atoms with Gasteiger partial charge >= 0.3 is 0 Å². The zero-order valence-electron chi connectivity index (χ0n) is 10.0. The van der Waals surface area contributed by atoms with Gasteiger partial charge in [-0.1, -0.05) is 25.5 Å². The lowest BCUT2D eigenvalue weighted by Crippen LogP contribution is -1.88. The molecule has 2 nitrogen and oxygen atoms in total. The van der Waals surface area contributed by atoms with Gasteiger partial charge in [-0.25, -0.2) is 0 Å². The van der Waals surface area contributed by atoms with E-state index in [2.05, 4.69) is 13.0 Å². The van der Waals surface area contributed by atoms with Crippen molar-refractivity contribution in [3.63, 3.8) is 0 Å². The first-order valence-corrected chi connectivity index (χ1v) is 6.73. The lowest BCUT2D eigenvalue weighted by molar-refractivity contribution is 0.340. The molecule has 1 N–H and O–H groups in total. The van der Waals surface area contributed by atoms with Gasteiger partial charge in [0.05, 0.1) is 18.2 Å². The van der Waals surface area contributed by atoms with Crippen LogP contribution in [-0.2, 0) is 0 Å². The van der Waals surface area contributed by atoms with Crippen molar-refractivity contribution in [2.24, 2.45) is 0 Å². The molecule has 0 spiro atoms. The average molecular weight is 247 g/mol. The molecule has 0 radical (unpaired) electrons. The maximum Gasteiger partial charge on any atom is 0.0991 e. The number of aliphatic hydroxyl groups excluding tert-OH is 1. The van der Waals surface area contributed by atoms with Crippen molar-refractivity contribution in [2.45, 2.75) is 19.8 Å². The Kier molecular flexibility index (Phi) is 6.46. The number of nitrogens with zero attached hydrogens (tertiary/aromatic N) is 1. The van der Waals surface area contributed by atoms with E-state index in [-0.39, 0.29) is 6.61 Å². The molecule has 0 aromatic heterocycles. The molecule has 0 saturated heterocycles. The van der Waals surface area contributed by atoms with E-state index in [1.54, 1.807) is 23.9 Å². The standard InChI is InChI=1S/C14H17NOS/c1-2-3-8-17-14(11-16)9-12-4-6-13(10-15)7-5-12/h4-7,9,16H,2-3,8,11H2,1H3. The fourth-order valence-electron chi connectivity index (χ4n) is 1.32. The maximum atomic E-state index is 9.25. The Morgan fingerprint density at radius 1 is 1.41 bits per heavy atom. The molecule has 0 aliphatic heterocycles. The molecule has 0 fully saturated rings. The van der Waals surface area contributed by atoms with Crippen molar-refractivity contribution < 1.29 is 5.11 Å². The van der Waals surface area contributed by atoms with Gasteiger partial charge in [-0.05, 0) is 35.9 Å². The van der Waals surface area contributed by atoms with E-state index < -0.39 is 0 Å². The summed E-state index contributed by atoms with van der Waals surface area (Å²) in [6.45, 7) is 2.23. The lowest BCUT2D eigenvalue weighted by atomic mass is 10.1. The van der Waals surface area contributed by atoms with Gasteiger partial charge in [0.15, 0.2) is 0 Å². The maximum absolute atomic E-state index is 9.25. The Bertz CT molecular complexity index is 403. The molecule has 1 rings (SSSR count). The van der Waals surface area contributed by atoms with Crippen LogP contribution in [0, 0.1) is 11.3 Å². The molecule has 1 aromatic carbocycles. The van der Waals surface area contributed by atoms with E-state index >= 15 is 0 Å². The highest BCUT2D eigenvalue weighted by atomic mass is 32.2. The second kappa shape index (κ2) is 7.94. The summed E-state index contributed by atoms with van der Waals surface area (Å²) in [5, 5.41) is 17.9. The van der Waals surface area contributed by atoms with Crippen LogP contribution in [0.3, 0.4) is 0 Å². The number of thioether (sulfide) groups is 1. The van der Waals surface area contributed by atoms with E-state index in [9.17, 15) is 5.11 Å². The number of nitriles is 1. The van der Waals surface area contributed by atoms with Gasteiger partial charge in [-0.2, -0.15) is 5.26 Å². The van der Waals surface area contributed by atoms with E-state index in [4.69, 9.17) is 5.26 Å². The van der Waals surface area contributed by atoms with Crippen LogP contribution >= 0.6 is 11.8 Å². The highest BCUT2D eigenvalue weighted by Crippen LogP contribution is 2.20. The smallest absolute Gasteiger partial charge is 0.0991 e. The van der Waals surface area contributed by atoms with Crippen LogP contribution in [0.4, 0.5) is 0 Å². The Balaban J connectivity index is 2.66.